The number of ether oxygens (including phenoxy) is 2. The lowest BCUT2D eigenvalue weighted by atomic mass is 9.91. The third kappa shape index (κ3) is 10.6. The number of aromatic nitrogens is 1. The Balaban J connectivity index is 1.41. The van der Waals surface area contributed by atoms with Gasteiger partial charge in [0.05, 0.1) is 30.7 Å². The van der Waals surface area contributed by atoms with Gasteiger partial charge in [0, 0.05) is 19.4 Å². The van der Waals surface area contributed by atoms with E-state index in [1.165, 1.54) is 15.9 Å². The van der Waals surface area contributed by atoms with E-state index in [0.717, 1.165) is 25.5 Å². The van der Waals surface area contributed by atoms with E-state index in [4.69, 9.17) is 26.9 Å². The quantitative estimate of drug-likeness (QED) is 0.0748. The lowest BCUT2D eigenvalue weighted by Gasteiger charge is -2.47. The SMILES string of the molecule is C=C1C[C@H](C[C@@H]2C[C@@H](O[Si](c3ccccc3)(c3ccccc3)C(C)(C)C)C[C@H](c3coc(COS(C)(=O)=O)n3)O2)O[C@@H](CCO[Si](C(C)C)(C(C)C)C(C)C)C1. The van der Waals surface area contributed by atoms with Gasteiger partial charge in [0.1, 0.15) is 24.7 Å². The van der Waals surface area contributed by atoms with Gasteiger partial charge in [-0.05, 0) is 57.7 Å². The van der Waals surface area contributed by atoms with E-state index in [9.17, 15) is 8.42 Å². The summed E-state index contributed by atoms with van der Waals surface area (Å²) in [6.45, 7) is 25.7. The summed E-state index contributed by atoms with van der Waals surface area (Å²) in [5.74, 6) is 0.178. The van der Waals surface area contributed by atoms with Crippen LogP contribution in [0.4, 0.5) is 0 Å². The maximum absolute atomic E-state index is 11.7. The summed E-state index contributed by atoms with van der Waals surface area (Å²) in [5.41, 5.74) is 3.38. The van der Waals surface area contributed by atoms with Crippen molar-refractivity contribution < 1.29 is 35.3 Å². The number of hydrogen-bond acceptors (Lipinski definition) is 9. The topological polar surface area (TPSA) is 106 Å². The summed E-state index contributed by atoms with van der Waals surface area (Å²) >= 11 is 0. The number of oxazole rings is 1. The molecule has 2 saturated heterocycles. The van der Waals surface area contributed by atoms with E-state index in [1.54, 1.807) is 6.26 Å². The molecule has 5 rings (SSSR count). The second kappa shape index (κ2) is 18.7. The Morgan fingerprint density at radius 2 is 1.41 bits per heavy atom. The van der Waals surface area contributed by atoms with E-state index >= 15 is 0 Å². The van der Waals surface area contributed by atoms with Crippen LogP contribution in [0.1, 0.15) is 119 Å². The molecule has 56 heavy (non-hydrogen) atoms. The van der Waals surface area contributed by atoms with Gasteiger partial charge < -0.3 is 22.7 Å². The van der Waals surface area contributed by atoms with Crippen LogP contribution in [0, 0.1) is 0 Å². The normalized spacial score (nSPS) is 23.0. The van der Waals surface area contributed by atoms with Crippen molar-refractivity contribution >= 4 is 37.1 Å². The minimum atomic E-state index is -3.67. The molecule has 5 atom stereocenters. The van der Waals surface area contributed by atoms with Crippen LogP contribution in [-0.4, -0.2) is 67.3 Å². The number of rotatable bonds is 17. The lowest BCUT2D eigenvalue weighted by Crippen LogP contribution is -2.68. The van der Waals surface area contributed by atoms with E-state index in [-0.39, 0.29) is 42.0 Å². The van der Waals surface area contributed by atoms with E-state index < -0.39 is 32.9 Å². The van der Waals surface area contributed by atoms with Crippen molar-refractivity contribution in [1.82, 2.24) is 4.98 Å². The molecule has 3 aromatic rings. The van der Waals surface area contributed by atoms with Gasteiger partial charge >= 0.3 is 0 Å². The largest absolute Gasteiger partial charge is 0.446 e. The van der Waals surface area contributed by atoms with Crippen molar-refractivity contribution in [2.75, 3.05) is 12.9 Å². The first-order valence-electron chi connectivity index (χ1n) is 20.5. The van der Waals surface area contributed by atoms with Crippen molar-refractivity contribution in [2.24, 2.45) is 0 Å². The molecule has 0 saturated carbocycles. The summed E-state index contributed by atoms with van der Waals surface area (Å²) < 4.78 is 62.5. The predicted octanol–water partition coefficient (Wildman–Crippen LogP) is 9.39. The van der Waals surface area contributed by atoms with Crippen molar-refractivity contribution in [3.63, 3.8) is 0 Å². The van der Waals surface area contributed by atoms with Crippen molar-refractivity contribution in [3.8, 4) is 0 Å². The standard InChI is InChI=1S/C44H67NO8SSi2/c1-31(2)55(32(3)4,33(5)6)50-23-22-35-24-34(7)25-36(51-35)26-37-27-38(28-42(52-37)41-29-48-43(45-41)30-49-54(11,46)47)53-56(44(8,9)10,39-18-14-12-15-19-39)40-20-16-13-17-21-40/h12-21,29,31-33,35-38,42H,7,22-28,30H2,1-6,8-11H3/t35-,36+,37+,38+,42+/m0/s1. The minimum absolute atomic E-state index is 0.0379. The fourth-order valence-corrected chi connectivity index (χ4v) is 20.1. The second-order valence-electron chi connectivity index (χ2n) is 18.0. The van der Waals surface area contributed by atoms with Crippen molar-refractivity contribution in [2.45, 2.75) is 160 Å². The minimum Gasteiger partial charge on any atom is -0.446 e. The van der Waals surface area contributed by atoms with Crippen LogP contribution in [-0.2, 0) is 39.2 Å². The zero-order chi connectivity index (χ0) is 40.9. The molecule has 0 N–H and O–H groups in total. The zero-order valence-corrected chi connectivity index (χ0v) is 38.3. The maximum atomic E-state index is 11.7. The molecule has 0 aliphatic carbocycles. The molecule has 2 aromatic carbocycles. The predicted molar refractivity (Wildman–Crippen MR) is 229 cm³/mol. The smallest absolute Gasteiger partial charge is 0.264 e. The molecule has 0 amide bonds. The summed E-state index contributed by atoms with van der Waals surface area (Å²) in [7, 11) is -8.55. The maximum Gasteiger partial charge on any atom is 0.264 e. The highest BCUT2D eigenvalue weighted by Gasteiger charge is 2.52. The second-order valence-corrected chi connectivity index (χ2v) is 29.3. The van der Waals surface area contributed by atoms with Gasteiger partial charge in [0.25, 0.3) is 18.4 Å². The molecule has 0 spiro atoms. The van der Waals surface area contributed by atoms with Gasteiger partial charge in [0.15, 0.2) is 8.32 Å². The van der Waals surface area contributed by atoms with Crippen LogP contribution in [0.5, 0.6) is 0 Å². The van der Waals surface area contributed by atoms with Gasteiger partial charge in [-0.1, -0.05) is 135 Å². The zero-order valence-electron chi connectivity index (χ0n) is 35.5. The van der Waals surface area contributed by atoms with Gasteiger partial charge in [-0.15, -0.1) is 0 Å². The molecule has 2 fully saturated rings. The highest BCUT2D eigenvalue weighted by Crippen LogP contribution is 2.44. The van der Waals surface area contributed by atoms with Crippen molar-refractivity contribution in [3.05, 3.63) is 90.7 Å². The number of nitrogens with zero attached hydrogens (tertiary/aromatic N) is 1. The fourth-order valence-electron chi connectivity index (χ4n) is 9.61. The van der Waals surface area contributed by atoms with Gasteiger partial charge in [-0.2, -0.15) is 8.42 Å². The molecule has 9 nitrogen and oxygen atoms in total. The molecule has 2 aliphatic heterocycles. The fraction of sp³-hybridized carbons (Fsp3) is 0.614. The van der Waals surface area contributed by atoms with Crippen LogP contribution in [0.2, 0.25) is 21.7 Å². The third-order valence-corrected chi connectivity index (χ3v) is 23.6. The van der Waals surface area contributed by atoms with Crippen LogP contribution < -0.4 is 10.4 Å². The molecule has 310 valence electrons. The average molecular weight is 826 g/mol. The van der Waals surface area contributed by atoms with Crippen LogP contribution in [0.25, 0.3) is 0 Å². The van der Waals surface area contributed by atoms with Crippen LogP contribution in [0.3, 0.4) is 0 Å². The monoisotopic (exact) mass is 825 g/mol. The first-order chi connectivity index (χ1) is 26.3. The molecular weight excluding hydrogens is 759 g/mol. The molecular formula is C44H67NO8SSi2. The molecule has 0 bridgehead atoms. The molecule has 0 unspecified atom stereocenters. The molecule has 0 radical (unpaired) electrons. The van der Waals surface area contributed by atoms with E-state index in [2.05, 4.69) is 135 Å². The molecule has 2 aliphatic rings. The number of hydrogen-bond donors (Lipinski definition) is 0. The molecule has 3 heterocycles. The summed E-state index contributed by atoms with van der Waals surface area (Å²) in [5, 5.41) is 2.23. The van der Waals surface area contributed by atoms with Crippen LogP contribution in [0.15, 0.2) is 83.5 Å². The first kappa shape index (κ1) is 44.7. The lowest BCUT2D eigenvalue weighted by molar-refractivity contribution is -0.126. The summed E-state index contributed by atoms with van der Waals surface area (Å²) in [6, 6.07) is 21.4. The highest BCUT2D eigenvalue weighted by molar-refractivity contribution is 7.85. The van der Waals surface area contributed by atoms with E-state index in [1.807, 2.05) is 0 Å². The molecule has 1 aromatic heterocycles. The van der Waals surface area contributed by atoms with Gasteiger partial charge in [-0.25, -0.2) is 4.98 Å². The van der Waals surface area contributed by atoms with Gasteiger partial charge in [-0.3, -0.25) is 4.18 Å². The average Bonchev–Trinajstić information content (AvgIpc) is 3.60. The van der Waals surface area contributed by atoms with Crippen molar-refractivity contribution in [1.29, 1.82) is 0 Å². The Hall–Kier alpha value is -2.43. The number of benzene rings is 2. The molecule has 12 heteroatoms. The highest BCUT2D eigenvalue weighted by atomic mass is 32.2. The Morgan fingerprint density at radius 1 is 0.839 bits per heavy atom. The van der Waals surface area contributed by atoms with Gasteiger partial charge in [0.2, 0.25) is 5.89 Å². The first-order valence-corrected chi connectivity index (χ1v) is 26.4. The summed E-state index contributed by atoms with van der Waals surface area (Å²) in [6.07, 6.45) is 6.12. The Labute approximate surface area is 339 Å². The Morgan fingerprint density at radius 3 is 1.95 bits per heavy atom. The Kier molecular flexibility index (Phi) is 14.9. The Bertz CT molecular complexity index is 1750. The van der Waals surface area contributed by atoms with E-state index in [0.29, 0.717) is 48.2 Å². The van der Waals surface area contributed by atoms with Crippen LogP contribution >= 0.6 is 0 Å². The summed E-state index contributed by atoms with van der Waals surface area (Å²) in [4.78, 5) is 4.65. The third-order valence-electron chi connectivity index (χ3n) is 11.9.